The first-order valence-corrected chi connectivity index (χ1v) is 4.99. The molecule has 4 nitrogen and oxygen atoms in total. The Hall–Kier alpha value is -1.18. The van der Waals surface area contributed by atoms with Gasteiger partial charge in [0.1, 0.15) is 5.82 Å². The molecule has 0 atom stereocenters. The van der Waals surface area contributed by atoms with Crippen LogP contribution in [0.3, 0.4) is 0 Å². The summed E-state index contributed by atoms with van der Waals surface area (Å²) in [6.07, 6.45) is 1.43. The zero-order valence-electron chi connectivity index (χ0n) is 7.58. The minimum atomic E-state index is -4.20. The van der Waals surface area contributed by atoms with E-state index in [-0.39, 0.29) is 35.8 Å². The molecular formula is C7H9F3N4S. The van der Waals surface area contributed by atoms with E-state index < -0.39 is 5.51 Å². The number of halogens is 3. The summed E-state index contributed by atoms with van der Waals surface area (Å²) in [6, 6.07) is 1.50. The number of nitrogens with zero attached hydrogens (tertiary/aromatic N) is 2. The average Bonchev–Trinajstić information content (AvgIpc) is 2.11. The van der Waals surface area contributed by atoms with Gasteiger partial charge in [-0.15, -0.1) is 0 Å². The number of hydrogen-bond donors (Lipinski definition) is 2. The van der Waals surface area contributed by atoms with Crippen LogP contribution < -0.4 is 11.1 Å². The van der Waals surface area contributed by atoms with Crippen LogP contribution in [0.15, 0.2) is 12.3 Å². The van der Waals surface area contributed by atoms with Crippen molar-refractivity contribution in [1.82, 2.24) is 9.97 Å². The van der Waals surface area contributed by atoms with Crippen molar-refractivity contribution in [3.05, 3.63) is 12.3 Å². The van der Waals surface area contributed by atoms with Crippen molar-refractivity contribution in [2.75, 3.05) is 23.3 Å². The summed E-state index contributed by atoms with van der Waals surface area (Å²) < 4.78 is 35.2. The van der Waals surface area contributed by atoms with E-state index in [0.29, 0.717) is 0 Å². The lowest BCUT2D eigenvalue weighted by Gasteiger charge is -2.06. The highest BCUT2D eigenvalue weighted by molar-refractivity contribution is 8.00. The lowest BCUT2D eigenvalue weighted by molar-refractivity contribution is -0.0327. The van der Waals surface area contributed by atoms with Gasteiger partial charge in [0.2, 0.25) is 5.95 Å². The normalized spacial score (nSPS) is 11.4. The van der Waals surface area contributed by atoms with Crippen LogP contribution in [0.4, 0.5) is 24.9 Å². The maximum atomic E-state index is 11.7. The van der Waals surface area contributed by atoms with Gasteiger partial charge in [0.05, 0.1) is 0 Å². The quantitative estimate of drug-likeness (QED) is 0.782. The topological polar surface area (TPSA) is 63.8 Å². The minimum absolute atomic E-state index is 0.0923. The predicted octanol–water partition coefficient (Wildman–Crippen LogP) is 1.72. The molecular weight excluding hydrogens is 229 g/mol. The molecule has 0 aliphatic rings. The van der Waals surface area contributed by atoms with Gasteiger partial charge in [-0.05, 0) is 17.8 Å². The van der Waals surface area contributed by atoms with E-state index in [4.69, 9.17) is 5.73 Å². The van der Waals surface area contributed by atoms with Crippen molar-refractivity contribution < 1.29 is 13.2 Å². The maximum absolute atomic E-state index is 11.7. The molecule has 1 aromatic heterocycles. The van der Waals surface area contributed by atoms with Gasteiger partial charge in [-0.1, -0.05) is 0 Å². The standard InChI is InChI=1S/C7H9F3N4S/c8-7(9,10)15-4-3-13-6-12-2-1-5(11)14-6/h1-2H,3-4H2,(H3,11,12,13,14). The average molecular weight is 238 g/mol. The van der Waals surface area contributed by atoms with Gasteiger partial charge in [-0.25, -0.2) is 4.98 Å². The van der Waals surface area contributed by atoms with Crippen LogP contribution in [0.1, 0.15) is 0 Å². The Balaban J connectivity index is 2.26. The molecule has 0 saturated carbocycles. The molecule has 0 saturated heterocycles. The van der Waals surface area contributed by atoms with Crippen LogP contribution >= 0.6 is 11.8 Å². The molecule has 84 valence electrons. The van der Waals surface area contributed by atoms with Crippen LogP contribution in [-0.4, -0.2) is 27.8 Å². The Kier molecular flexibility index (Phi) is 4.01. The third-order valence-corrected chi connectivity index (χ3v) is 2.06. The smallest absolute Gasteiger partial charge is 0.384 e. The summed E-state index contributed by atoms with van der Waals surface area (Å²) >= 11 is -0.0923. The number of thioether (sulfide) groups is 1. The fourth-order valence-corrected chi connectivity index (χ4v) is 1.22. The molecule has 8 heteroatoms. The minimum Gasteiger partial charge on any atom is -0.384 e. The van der Waals surface area contributed by atoms with E-state index >= 15 is 0 Å². The van der Waals surface area contributed by atoms with E-state index in [2.05, 4.69) is 15.3 Å². The van der Waals surface area contributed by atoms with Crippen LogP contribution in [0.25, 0.3) is 0 Å². The van der Waals surface area contributed by atoms with Crippen LogP contribution in [0.2, 0.25) is 0 Å². The van der Waals surface area contributed by atoms with Gasteiger partial charge < -0.3 is 11.1 Å². The summed E-state index contributed by atoms with van der Waals surface area (Å²) in [7, 11) is 0. The second kappa shape index (κ2) is 5.06. The van der Waals surface area contributed by atoms with E-state index in [1.807, 2.05) is 0 Å². The van der Waals surface area contributed by atoms with E-state index in [1.165, 1.54) is 12.3 Å². The second-order valence-corrected chi connectivity index (χ2v) is 3.69. The number of nitrogens with two attached hydrogens (primary N) is 1. The Morgan fingerprint density at radius 1 is 1.47 bits per heavy atom. The fraction of sp³-hybridized carbons (Fsp3) is 0.429. The maximum Gasteiger partial charge on any atom is 0.441 e. The number of anilines is 2. The molecule has 0 spiro atoms. The second-order valence-electron chi connectivity index (χ2n) is 2.53. The van der Waals surface area contributed by atoms with E-state index in [9.17, 15) is 13.2 Å². The molecule has 15 heavy (non-hydrogen) atoms. The third kappa shape index (κ3) is 5.31. The Morgan fingerprint density at radius 2 is 2.20 bits per heavy atom. The fourth-order valence-electron chi connectivity index (χ4n) is 0.787. The van der Waals surface area contributed by atoms with Crippen LogP contribution in [-0.2, 0) is 0 Å². The highest BCUT2D eigenvalue weighted by Gasteiger charge is 2.27. The molecule has 0 unspecified atom stereocenters. The van der Waals surface area contributed by atoms with E-state index in [0.717, 1.165) is 0 Å². The molecule has 0 aliphatic heterocycles. The first kappa shape index (κ1) is 11.9. The van der Waals surface area contributed by atoms with Crippen molar-refractivity contribution in [1.29, 1.82) is 0 Å². The first-order chi connectivity index (χ1) is 6.97. The largest absolute Gasteiger partial charge is 0.441 e. The number of aromatic nitrogens is 2. The molecule has 3 N–H and O–H groups in total. The lowest BCUT2D eigenvalue weighted by atomic mass is 10.6. The lowest BCUT2D eigenvalue weighted by Crippen LogP contribution is -2.11. The molecule has 1 heterocycles. The van der Waals surface area contributed by atoms with E-state index in [1.54, 1.807) is 0 Å². The molecule has 0 amide bonds. The summed E-state index contributed by atoms with van der Waals surface area (Å²) in [5, 5.41) is 2.64. The van der Waals surface area contributed by atoms with Gasteiger partial charge in [-0.3, -0.25) is 0 Å². The Labute approximate surface area is 88.5 Å². The molecule has 1 aromatic rings. The monoisotopic (exact) mass is 238 g/mol. The highest BCUT2D eigenvalue weighted by Crippen LogP contribution is 2.29. The molecule has 0 bridgehead atoms. The zero-order chi connectivity index (χ0) is 11.3. The van der Waals surface area contributed by atoms with Crippen molar-refractivity contribution >= 4 is 23.5 Å². The van der Waals surface area contributed by atoms with Gasteiger partial charge >= 0.3 is 5.51 Å². The molecule has 0 radical (unpaired) electrons. The summed E-state index contributed by atoms with van der Waals surface area (Å²) in [6.45, 7) is 0.133. The van der Waals surface area contributed by atoms with Gasteiger partial charge in [0.15, 0.2) is 0 Å². The van der Waals surface area contributed by atoms with Gasteiger partial charge in [-0.2, -0.15) is 18.2 Å². The first-order valence-electron chi connectivity index (χ1n) is 4.00. The Morgan fingerprint density at radius 3 is 2.80 bits per heavy atom. The predicted molar refractivity (Wildman–Crippen MR) is 53.4 cm³/mol. The SMILES string of the molecule is Nc1ccnc(NCCSC(F)(F)F)n1. The van der Waals surface area contributed by atoms with Crippen LogP contribution in [0.5, 0.6) is 0 Å². The molecule has 0 aliphatic carbocycles. The third-order valence-electron chi connectivity index (χ3n) is 1.33. The van der Waals surface area contributed by atoms with Gasteiger partial charge in [0, 0.05) is 18.5 Å². The van der Waals surface area contributed by atoms with Crippen molar-refractivity contribution in [3.8, 4) is 0 Å². The molecule has 0 fully saturated rings. The molecule has 0 aromatic carbocycles. The highest BCUT2D eigenvalue weighted by atomic mass is 32.2. The van der Waals surface area contributed by atoms with Crippen molar-refractivity contribution in [2.24, 2.45) is 0 Å². The van der Waals surface area contributed by atoms with Gasteiger partial charge in [0.25, 0.3) is 0 Å². The molecule has 1 rings (SSSR count). The summed E-state index contributed by atoms with van der Waals surface area (Å²) in [5.74, 6) is 0.413. The summed E-state index contributed by atoms with van der Waals surface area (Å²) in [4.78, 5) is 7.55. The van der Waals surface area contributed by atoms with Crippen molar-refractivity contribution in [2.45, 2.75) is 5.51 Å². The zero-order valence-corrected chi connectivity index (χ0v) is 8.40. The summed E-state index contributed by atoms with van der Waals surface area (Å²) in [5.41, 5.74) is 1.16. The Bertz CT molecular complexity index is 317. The number of nitrogen functional groups attached to an aromatic ring is 1. The number of alkyl halides is 3. The van der Waals surface area contributed by atoms with Crippen LogP contribution in [0, 0.1) is 0 Å². The van der Waals surface area contributed by atoms with Crippen molar-refractivity contribution in [3.63, 3.8) is 0 Å². The number of rotatable bonds is 4. The number of hydrogen-bond acceptors (Lipinski definition) is 5. The number of nitrogens with one attached hydrogen (secondary N) is 1.